The Bertz CT molecular complexity index is 755. The predicted octanol–water partition coefficient (Wildman–Crippen LogP) is 3.73. The van der Waals surface area contributed by atoms with E-state index in [1.165, 1.54) is 16.7 Å². The van der Waals surface area contributed by atoms with Crippen molar-refractivity contribution in [3.63, 3.8) is 0 Å². The molecule has 1 aromatic carbocycles. The summed E-state index contributed by atoms with van der Waals surface area (Å²) in [6.07, 6.45) is 5.09. The first-order chi connectivity index (χ1) is 10.5. The van der Waals surface area contributed by atoms with Gasteiger partial charge < -0.3 is 5.32 Å². The molecule has 0 aliphatic heterocycles. The summed E-state index contributed by atoms with van der Waals surface area (Å²) in [5.41, 5.74) is 1.74. The largest absolute Gasteiger partial charge is 0.381 e. The summed E-state index contributed by atoms with van der Waals surface area (Å²) in [7, 11) is 1.59. The van der Waals surface area contributed by atoms with E-state index in [9.17, 15) is 4.79 Å². The number of nitrogens with one attached hydrogen (secondary N) is 1. The van der Waals surface area contributed by atoms with E-state index in [0.29, 0.717) is 5.69 Å². The average Bonchev–Trinajstić information content (AvgIpc) is 2.46. The molecule has 0 radical (unpaired) electrons. The first kappa shape index (κ1) is 15.6. The standard InChI is InChI=1S/C16H17BrClN3O/c1-21-15(22)14(18)13(9-20-21)19-10-16(6-3-7-16)11-4-2-5-12(17)8-11/h2,4-5,8-9,19H,3,6-7,10H2,1H3. The topological polar surface area (TPSA) is 46.9 Å². The fourth-order valence-corrected chi connectivity index (χ4v) is 3.52. The molecule has 22 heavy (non-hydrogen) atoms. The van der Waals surface area contributed by atoms with Crippen LogP contribution in [0, 0.1) is 0 Å². The number of anilines is 1. The summed E-state index contributed by atoms with van der Waals surface area (Å²) < 4.78 is 2.32. The maximum absolute atomic E-state index is 11.8. The molecule has 0 amide bonds. The van der Waals surface area contributed by atoms with Crippen LogP contribution in [0.1, 0.15) is 24.8 Å². The van der Waals surface area contributed by atoms with Gasteiger partial charge in [0.2, 0.25) is 0 Å². The third kappa shape index (κ3) is 2.79. The van der Waals surface area contributed by atoms with Gasteiger partial charge in [0.1, 0.15) is 5.02 Å². The minimum absolute atomic E-state index is 0.105. The number of rotatable bonds is 4. The van der Waals surface area contributed by atoms with Crippen LogP contribution in [0.15, 0.2) is 39.7 Å². The average molecular weight is 383 g/mol. The van der Waals surface area contributed by atoms with Gasteiger partial charge in [-0.2, -0.15) is 5.10 Å². The lowest BCUT2D eigenvalue weighted by Gasteiger charge is -2.43. The van der Waals surface area contributed by atoms with Gasteiger partial charge in [0.15, 0.2) is 0 Å². The summed E-state index contributed by atoms with van der Waals surface area (Å²) in [6.45, 7) is 0.748. The number of aryl methyl sites for hydroxylation is 1. The van der Waals surface area contributed by atoms with Crippen LogP contribution in [0.2, 0.25) is 5.02 Å². The normalized spacial score (nSPS) is 16.1. The molecule has 1 aliphatic carbocycles. The highest BCUT2D eigenvalue weighted by atomic mass is 79.9. The van der Waals surface area contributed by atoms with Crippen molar-refractivity contribution in [3.8, 4) is 0 Å². The Hall–Kier alpha value is -1.33. The summed E-state index contributed by atoms with van der Waals surface area (Å²) in [4.78, 5) is 11.8. The van der Waals surface area contributed by atoms with Gasteiger partial charge in [-0.05, 0) is 30.5 Å². The number of benzene rings is 1. The summed E-state index contributed by atoms with van der Waals surface area (Å²) in [6, 6.07) is 8.43. The Labute approximate surface area is 142 Å². The first-order valence-electron chi connectivity index (χ1n) is 7.24. The fourth-order valence-electron chi connectivity index (χ4n) is 2.89. The van der Waals surface area contributed by atoms with Crippen LogP contribution < -0.4 is 10.9 Å². The second-order valence-electron chi connectivity index (χ2n) is 5.80. The molecule has 1 aromatic heterocycles. The van der Waals surface area contributed by atoms with Gasteiger partial charge in [0.05, 0.1) is 11.9 Å². The lowest BCUT2D eigenvalue weighted by Crippen LogP contribution is -2.41. The van der Waals surface area contributed by atoms with Crippen molar-refractivity contribution in [1.82, 2.24) is 9.78 Å². The third-order valence-corrected chi connectivity index (χ3v) is 5.30. The van der Waals surface area contributed by atoms with E-state index in [-0.39, 0.29) is 16.0 Å². The summed E-state index contributed by atoms with van der Waals surface area (Å²) >= 11 is 9.65. The van der Waals surface area contributed by atoms with Crippen LogP contribution in [0.4, 0.5) is 5.69 Å². The van der Waals surface area contributed by atoms with Gasteiger partial charge in [-0.25, -0.2) is 4.68 Å². The van der Waals surface area contributed by atoms with Crippen LogP contribution in [-0.2, 0) is 12.5 Å². The molecule has 1 aliphatic rings. The minimum atomic E-state index is -0.281. The Morgan fingerprint density at radius 2 is 2.23 bits per heavy atom. The van der Waals surface area contributed by atoms with Crippen LogP contribution >= 0.6 is 27.5 Å². The van der Waals surface area contributed by atoms with Gasteiger partial charge in [-0.1, -0.05) is 46.1 Å². The first-order valence-corrected chi connectivity index (χ1v) is 8.41. The number of aromatic nitrogens is 2. The Morgan fingerprint density at radius 1 is 1.45 bits per heavy atom. The van der Waals surface area contributed by atoms with Crippen molar-refractivity contribution in [1.29, 1.82) is 0 Å². The molecule has 0 spiro atoms. The zero-order valence-corrected chi connectivity index (χ0v) is 14.6. The van der Waals surface area contributed by atoms with E-state index in [4.69, 9.17) is 11.6 Å². The molecular formula is C16H17BrClN3O. The summed E-state index contributed by atoms with van der Waals surface area (Å²) in [5.74, 6) is 0. The van der Waals surface area contributed by atoms with Crippen molar-refractivity contribution < 1.29 is 0 Å². The van der Waals surface area contributed by atoms with Gasteiger partial charge in [0.25, 0.3) is 5.56 Å². The molecule has 1 fully saturated rings. The van der Waals surface area contributed by atoms with Crippen LogP contribution in [0.25, 0.3) is 0 Å². The van der Waals surface area contributed by atoms with E-state index in [0.717, 1.165) is 23.9 Å². The molecule has 3 rings (SSSR count). The van der Waals surface area contributed by atoms with Crippen LogP contribution in [0.3, 0.4) is 0 Å². The number of hydrogen-bond donors (Lipinski definition) is 1. The van der Waals surface area contributed by atoms with E-state index in [2.05, 4.69) is 44.5 Å². The molecule has 4 nitrogen and oxygen atoms in total. The molecule has 116 valence electrons. The van der Waals surface area contributed by atoms with Gasteiger partial charge >= 0.3 is 0 Å². The zero-order chi connectivity index (χ0) is 15.7. The second kappa shape index (κ2) is 6.05. The number of nitrogens with zero attached hydrogens (tertiary/aromatic N) is 2. The molecule has 0 unspecified atom stereocenters. The molecule has 1 N–H and O–H groups in total. The lowest BCUT2D eigenvalue weighted by atomic mass is 9.64. The maximum atomic E-state index is 11.8. The third-order valence-electron chi connectivity index (χ3n) is 4.44. The lowest BCUT2D eigenvalue weighted by molar-refractivity contribution is 0.260. The van der Waals surface area contributed by atoms with E-state index < -0.39 is 0 Å². The van der Waals surface area contributed by atoms with Gasteiger partial charge in [-0.3, -0.25) is 4.79 Å². The molecule has 2 aromatic rings. The summed E-state index contributed by atoms with van der Waals surface area (Å²) in [5, 5.41) is 7.53. The van der Waals surface area contributed by atoms with Crippen molar-refractivity contribution in [3.05, 3.63) is 55.9 Å². The van der Waals surface area contributed by atoms with Crippen LogP contribution in [0.5, 0.6) is 0 Å². The monoisotopic (exact) mass is 381 g/mol. The van der Waals surface area contributed by atoms with E-state index in [1.807, 2.05) is 6.07 Å². The Kier molecular flexibility index (Phi) is 4.28. The predicted molar refractivity (Wildman–Crippen MR) is 92.6 cm³/mol. The van der Waals surface area contributed by atoms with Crippen LogP contribution in [-0.4, -0.2) is 16.3 Å². The highest BCUT2D eigenvalue weighted by molar-refractivity contribution is 9.10. The highest BCUT2D eigenvalue weighted by Crippen LogP contribution is 2.44. The Balaban J connectivity index is 1.83. The molecule has 1 saturated carbocycles. The molecule has 1 heterocycles. The number of halogens is 2. The minimum Gasteiger partial charge on any atom is -0.381 e. The zero-order valence-electron chi connectivity index (χ0n) is 12.3. The van der Waals surface area contributed by atoms with Crippen molar-refractivity contribution in [2.75, 3.05) is 11.9 Å². The molecule has 6 heteroatoms. The van der Waals surface area contributed by atoms with Crippen molar-refractivity contribution in [2.24, 2.45) is 7.05 Å². The maximum Gasteiger partial charge on any atom is 0.287 e. The SMILES string of the molecule is Cn1ncc(NCC2(c3cccc(Br)c3)CCC2)c(Cl)c1=O. The Morgan fingerprint density at radius 3 is 2.86 bits per heavy atom. The number of hydrogen-bond acceptors (Lipinski definition) is 3. The van der Waals surface area contributed by atoms with Crippen molar-refractivity contribution >= 4 is 33.2 Å². The smallest absolute Gasteiger partial charge is 0.287 e. The highest BCUT2D eigenvalue weighted by Gasteiger charge is 2.38. The van der Waals surface area contributed by atoms with Crippen molar-refractivity contribution in [2.45, 2.75) is 24.7 Å². The quantitative estimate of drug-likeness (QED) is 0.876. The van der Waals surface area contributed by atoms with E-state index in [1.54, 1.807) is 13.2 Å². The molecule has 0 atom stereocenters. The molecular weight excluding hydrogens is 366 g/mol. The van der Waals surface area contributed by atoms with Gasteiger partial charge in [0, 0.05) is 23.5 Å². The molecule has 0 saturated heterocycles. The van der Waals surface area contributed by atoms with E-state index >= 15 is 0 Å². The second-order valence-corrected chi connectivity index (χ2v) is 7.09. The fraction of sp³-hybridized carbons (Fsp3) is 0.375. The van der Waals surface area contributed by atoms with Gasteiger partial charge in [-0.15, -0.1) is 0 Å². The molecule has 0 bridgehead atoms.